The maximum Gasteiger partial charge on any atom is 0.115 e. The minimum absolute atomic E-state index is 0.191. The van der Waals surface area contributed by atoms with Gasteiger partial charge in [-0.25, -0.2) is 0 Å². The van der Waals surface area contributed by atoms with Crippen LogP contribution in [0.25, 0.3) is 0 Å². The Morgan fingerprint density at radius 2 is 1.40 bits per heavy atom. The number of halogens is 1. The molecule has 150 valence electrons. The molecule has 0 radical (unpaired) electrons. The highest BCUT2D eigenvalue weighted by molar-refractivity contribution is 14.1. The van der Waals surface area contributed by atoms with E-state index in [1.165, 1.54) is 0 Å². The van der Waals surface area contributed by atoms with Crippen molar-refractivity contribution in [2.24, 2.45) is 0 Å². The van der Waals surface area contributed by atoms with Crippen molar-refractivity contribution in [3.05, 3.63) is 0 Å². The van der Waals surface area contributed by atoms with Crippen LogP contribution in [0.15, 0.2) is 0 Å². The lowest BCUT2D eigenvalue weighted by Gasteiger charge is -2.44. The van der Waals surface area contributed by atoms with Gasteiger partial charge in [0.1, 0.15) is 24.4 Å². The minimum Gasteiger partial charge on any atom is -0.388 e. The summed E-state index contributed by atoms with van der Waals surface area (Å²) in [5.41, 5.74) is 0. The summed E-state index contributed by atoms with van der Waals surface area (Å²) in [4.78, 5) is 0. The highest BCUT2D eigenvalue weighted by Gasteiger charge is 2.46. The highest BCUT2D eigenvalue weighted by atomic mass is 127. The Morgan fingerprint density at radius 3 is 1.96 bits per heavy atom. The van der Waals surface area contributed by atoms with E-state index in [-0.39, 0.29) is 24.4 Å². The van der Waals surface area contributed by atoms with Crippen molar-refractivity contribution in [2.45, 2.75) is 89.8 Å². The molecular weight excluding hydrogens is 435 g/mol. The lowest BCUT2D eigenvalue weighted by molar-refractivity contribution is -0.250. The monoisotopic (exact) mass is 472 g/mol. The van der Waals surface area contributed by atoms with Crippen LogP contribution in [0.5, 0.6) is 0 Å². The Bertz CT molecular complexity index is 318. The molecule has 1 saturated heterocycles. The Morgan fingerprint density at radius 1 is 0.840 bits per heavy atom. The second-order valence-electron chi connectivity index (χ2n) is 6.66. The predicted octanol–water partition coefficient (Wildman–Crippen LogP) is 3.74. The van der Waals surface area contributed by atoms with Gasteiger partial charge in [-0.05, 0) is 19.3 Å². The number of rotatable bonds is 14. The normalized spacial score (nSPS) is 29.9. The summed E-state index contributed by atoms with van der Waals surface area (Å²) in [6.07, 6.45) is 4.56. The van der Waals surface area contributed by atoms with Crippen LogP contribution in [0.3, 0.4) is 0 Å². The van der Waals surface area contributed by atoms with Crippen LogP contribution in [-0.2, 0) is 18.9 Å². The largest absolute Gasteiger partial charge is 0.388 e. The van der Waals surface area contributed by atoms with E-state index < -0.39 is 6.10 Å². The fourth-order valence-corrected chi connectivity index (χ4v) is 3.56. The average Bonchev–Trinajstić information content (AvgIpc) is 2.62. The van der Waals surface area contributed by atoms with Crippen LogP contribution in [0.1, 0.15) is 59.3 Å². The second-order valence-corrected chi connectivity index (χ2v) is 7.55. The fourth-order valence-electron chi connectivity index (χ4n) is 2.83. The molecule has 0 aliphatic carbocycles. The molecule has 1 heterocycles. The molecule has 0 aromatic rings. The molecule has 6 heteroatoms. The van der Waals surface area contributed by atoms with Crippen LogP contribution in [-0.4, -0.2) is 66.5 Å². The van der Waals surface area contributed by atoms with Crippen molar-refractivity contribution in [3.8, 4) is 0 Å². The van der Waals surface area contributed by atoms with E-state index in [1.807, 2.05) is 0 Å². The van der Waals surface area contributed by atoms with E-state index >= 15 is 0 Å². The number of alkyl halides is 1. The average molecular weight is 472 g/mol. The van der Waals surface area contributed by atoms with Crippen LogP contribution in [0, 0.1) is 0 Å². The van der Waals surface area contributed by atoms with Crippen molar-refractivity contribution in [1.82, 2.24) is 0 Å². The molecule has 1 aliphatic heterocycles. The standard InChI is InChI=1S/C19H37IO5/c1-4-7-10-22-14-16-18(23-11-8-5-2)19(24-12-9-6-3)17(21)15(13-20)25-16/h15-19,21H,4-14H2,1-3H3/t15-,16-,17+,18-,19-/m1/s1. The van der Waals surface area contributed by atoms with Gasteiger partial charge in [-0.3, -0.25) is 0 Å². The first kappa shape index (κ1) is 23.6. The molecule has 1 fully saturated rings. The van der Waals surface area contributed by atoms with Gasteiger partial charge in [-0.2, -0.15) is 0 Å². The van der Waals surface area contributed by atoms with Gasteiger partial charge in [-0.15, -0.1) is 0 Å². The van der Waals surface area contributed by atoms with Gasteiger partial charge in [0.05, 0.1) is 12.7 Å². The summed E-state index contributed by atoms with van der Waals surface area (Å²) in [5.74, 6) is 0. The van der Waals surface area contributed by atoms with Gasteiger partial charge in [0, 0.05) is 24.2 Å². The molecule has 0 bridgehead atoms. The smallest absolute Gasteiger partial charge is 0.115 e. The molecule has 1 aliphatic rings. The lowest BCUT2D eigenvalue weighted by atomic mass is 9.95. The van der Waals surface area contributed by atoms with Gasteiger partial charge in [0.25, 0.3) is 0 Å². The quantitative estimate of drug-likeness (QED) is 0.237. The molecule has 5 nitrogen and oxygen atoms in total. The van der Waals surface area contributed by atoms with E-state index in [4.69, 9.17) is 18.9 Å². The van der Waals surface area contributed by atoms with Gasteiger partial charge in [0.2, 0.25) is 0 Å². The van der Waals surface area contributed by atoms with Crippen molar-refractivity contribution in [2.75, 3.05) is 30.9 Å². The molecule has 1 N–H and O–H groups in total. The molecule has 5 atom stereocenters. The summed E-state index contributed by atoms with van der Waals surface area (Å²) in [7, 11) is 0. The molecule has 0 saturated carbocycles. The number of hydrogen-bond acceptors (Lipinski definition) is 5. The maximum absolute atomic E-state index is 10.7. The maximum atomic E-state index is 10.7. The fraction of sp³-hybridized carbons (Fsp3) is 1.00. The first-order chi connectivity index (χ1) is 12.2. The van der Waals surface area contributed by atoms with Crippen LogP contribution < -0.4 is 0 Å². The molecular formula is C19H37IO5. The highest BCUT2D eigenvalue weighted by Crippen LogP contribution is 2.28. The Hall–Kier alpha value is 0.530. The van der Waals surface area contributed by atoms with Crippen molar-refractivity contribution >= 4 is 22.6 Å². The zero-order valence-electron chi connectivity index (χ0n) is 16.1. The number of hydrogen-bond donors (Lipinski definition) is 1. The van der Waals surface area contributed by atoms with E-state index in [2.05, 4.69) is 43.4 Å². The summed E-state index contributed by atoms with van der Waals surface area (Å²) >= 11 is 2.26. The number of unbranched alkanes of at least 4 members (excludes halogenated alkanes) is 3. The number of aliphatic hydroxyl groups excluding tert-OH is 1. The lowest BCUT2D eigenvalue weighted by Crippen LogP contribution is -2.61. The SMILES string of the molecule is CCCCOC[C@H]1O[C@H](CI)[C@H](O)[C@@H](OCCCC)[C@@H]1OCCCC. The molecule has 0 aromatic carbocycles. The predicted molar refractivity (Wildman–Crippen MR) is 109 cm³/mol. The van der Waals surface area contributed by atoms with E-state index in [0.717, 1.165) is 49.6 Å². The Labute approximate surface area is 167 Å². The molecule has 0 aromatic heterocycles. The van der Waals surface area contributed by atoms with E-state index in [9.17, 15) is 5.11 Å². The van der Waals surface area contributed by atoms with Crippen LogP contribution >= 0.6 is 22.6 Å². The van der Waals surface area contributed by atoms with E-state index in [0.29, 0.717) is 19.8 Å². The van der Waals surface area contributed by atoms with Gasteiger partial charge in [-0.1, -0.05) is 62.6 Å². The molecule has 0 unspecified atom stereocenters. The summed E-state index contributed by atoms with van der Waals surface area (Å²) in [5, 5.41) is 10.7. The number of ether oxygens (including phenoxy) is 4. The third kappa shape index (κ3) is 8.39. The zero-order chi connectivity index (χ0) is 18.5. The van der Waals surface area contributed by atoms with Crippen molar-refractivity contribution in [3.63, 3.8) is 0 Å². The summed E-state index contributed by atoms with van der Waals surface area (Å²) in [6, 6.07) is 0. The van der Waals surface area contributed by atoms with Gasteiger partial charge in [0.15, 0.2) is 0 Å². The second kappa shape index (κ2) is 14.6. The molecule has 1 rings (SSSR count). The van der Waals surface area contributed by atoms with Crippen LogP contribution in [0.2, 0.25) is 0 Å². The third-order valence-electron chi connectivity index (χ3n) is 4.45. The van der Waals surface area contributed by atoms with Crippen molar-refractivity contribution < 1.29 is 24.1 Å². The van der Waals surface area contributed by atoms with Crippen LogP contribution in [0.4, 0.5) is 0 Å². The van der Waals surface area contributed by atoms with E-state index in [1.54, 1.807) is 0 Å². The summed E-state index contributed by atoms with van der Waals surface area (Å²) in [6.45, 7) is 8.95. The Kier molecular flexibility index (Phi) is 13.7. The molecule has 0 amide bonds. The molecule has 25 heavy (non-hydrogen) atoms. The number of aliphatic hydroxyl groups is 1. The first-order valence-corrected chi connectivity index (χ1v) is 11.4. The van der Waals surface area contributed by atoms with Gasteiger partial charge < -0.3 is 24.1 Å². The third-order valence-corrected chi connectivity index (χ3v) is 5.32. The topological polar surface area (TPSA) is 57.2 Å². The molecule has 0 spiro atoms. The minimum atomic E-state index is -0.660. The van der Waals surface area contributed by atoms with Crippen molar-refractivity contribution in [1.29, 1.82) is 0 Å². The Balaban J connectivity index is 2.75. The summed E-state index contributed by atoms with van der Waals surface area (Å²) < 4.78 is 24.8. The first-order valence-electron chi connectivity index (χ1n) is 9.89. The van der Waals surface area contributed by atoms with Gasteiger partial charge >= 0.3 is 0 Å². The zero-order valence-corrected chi connectivity index (χ0v) is 18.3.